The maximum atomic E-state index is 13.0. The second-order valence-corrected chi connectivity index (χ2v) is 9.93. The molecule has 2 unspecified atom stereocenters. The zero-order valence-electron chi connectivity index (χ0n) is 15.8. The molecule has 3 rings (SSSR count). The lowest BCUT2D eigenvalue weighted by atomic mass is 10.3. The van der Waals surface area contributed by atoms with Crippen molar-refractivity contribution in [3.63, 3.8) is 0 Å². The Morgan fingerprint density at radius 1 is 1.07 bits per heavy atom. The van der Waals surface area contributed by atoms with Crippen molar-refractivity contribution >= 4 is 50.5 Å². The van der Waals surface area contributed by atoms with Gasteiger partial charge < -0.3 is 9.47 Å². The molecule has 0 aromatic heterocycles. The zero-order chi connectivity index (χ0) is 22.2. The van der Waals surface area contributed by atoms with Crippen molar-refractivity contribution < 1.29 is 22.8 Å². The van der Waals surface area contributed by atoms with E-state index in [-0.39, 0.29) is 62.4 Å². The first-order chi connectivity index (χ1) is 14.0. The molecule has 8 nitrogen and oxygen atoms in total. The summed E-state index contributed by atoms with van der Waals surface area (Å²) in [5.41, 5.74) is -0.208. The topological polar surface area (TPSA) is 99.0 Å². The second kappa shape index (κ2) is 8.86. The summed E-state index contributed by atoms with van der Waals surface area (Å²) in [5, 5.41) is 10.7. The van der Waals surface area contributed by atoms with Crippen LogP contribution in [0, 0.1) is 10.1 Å². The predicted molar refractivity (Wildman–Crippen MR) is 113 cm³/mol. The van der Waals surface area contributed by atoms with Crippen LogP contribution in [0.3, 0.4) is 0 Å². The number of sulfonamides is 1. The molecule has 0 aliphatic carbocycles. The Hall–Kier alpha value is -1.62. The van der Waals surface area contributed by atoms with Crippen molar-refractivity contribution in [2.45, 2.75) is 31.0 Å². The number of nitro groups is 1. The van der Waals surface area contributed by atoms with Crippen LogP contribution in [0.15, 0.2) is 35.2 Å². The van der Waals surface area contributed by atoms with E-state index < -0.39 is 14.9 Å². The van der Waals surface area contributed by atoms with E-state index in [9.17, 15) is 18.5 Å². The molecule has 162 valence electrons. The molecule has 2 aromatic rings. The van der Waals surface area contributed by atoms with Crippen molar-refractivity contribution in [1.29, 1.82) is 0 Å². The van der Waals surface area contributed by atoms with E-state index in [1.807, 2.05) is 0 Å². The summed E-state index contributed by atoms with van der Waals surface area (Å²) in [6, 6.07) is 6.11. The van der Waals surface area contributed by atoms with Gasteiger partial charge in [-0.1, -0.05) is 34.8 Å². The average molecular weight is 496 g/mol. The van der Waals surface area contributed by atoms with Crippen LogP contribution >= 0.6 is 34.8 Å². The Kier molecular flexibility index (Phi) is 6.81. The minimum absolute atomic E-state index is 0.0169. The third-order valence-electron chi connectivity index (χ3n) is 4.33. The molecule has 0 saturated carbocycles. The highest BCUT2D eigenvalue weighted by Gasteiger charge is 2.33. The van der Waals surface area contributed by atoms with Gasteiger partial charge in [0, 0.05) is 25.2 Å². The molecule has 30 heavy (non-hydrogen) atoms. The smallest absolute Gasteiger partial charge is 0.271 e. The lowest BCUT2D eigenvalue weighted by molar-refractivity contribution is -0.384. The number of rotatable bonds is 5. The monoisotopic (exact) mass is 494 g/mol. The third kappa shape index (κ3) is 4.82. The van der Waals surface area contributed by atoms with Gasteiger partial charge in [-0.2, -0.15) is 4.31 Å². The second-order valence-electron chi connectivity index (χ2n) is 6.77. The van der Waals surface area contributed by atoms with E-state index in [0.717, 1.165) is 6.07 Å². The molecule has 0 amide bonds. The summed E-state index contributed by atoms with van der Waals surface area (Å²) < 4.78 is 38.6. The van der Waals surface area contributed by atoms with E-state index in [1.54, 1.807) is 13.8 Å². The fourth-order valence-corrected chi connectivity index (χ4v) is 5.61. The highest BCUT2D eigenvalue weighted by atomic mass is 35.5. The first kappa shape index (κ1) is 23.1. The summed E-state index contributed by atoms with van der Waals surface area (Å²) in [6.07, 6.45) is -0.497. The van der Waals surface area contributed by atoms with Crippen LogP contribution in [-0.2, 0) is 14.8 Å². The Bertz CT molecular complexity index is 1060. The van der Waals surface area contributed by atoms with Gasteiger partial charge in [0.2, 0.25) is 10.0 Å². The maximum absolute atomic E-state index is 13.0. The minimum Gasteiger partial charge on any atom is -0.453 e. The molecule has 0 radical (unpaired) electrons. The van der Waals surface area contributed by atoms with Gasteiger partial charge in [0.1, 0.15) is 5.75 Å². The van der Waals surface area contributed by atoms with E-state index in [0.29, 0.717) is 0 Å². The molecule has 1 aliphatic heterocycles. The average Bonchev–Trinajstić information content (AvgIpc) is 2.64. The molecule has 0 spiro atoms. The van der Waals surface area contributed by atoms with Gasteiger partial charge in [0.25, 0.3) is 5.69 Å². The van der Waals surface area contributed by atoms with Gasteiger partial charge in [0.05, 0.1) is 37.1 Å². The summed E-state index contributed by atoms with van der Waals surface area (Å²) in [4.78, 5) is 10.2. The molecule has 2 atom stereocenters. The van der Waals surface area contributed by atoms with Crippen LogP contribution in [0.25, 0.3) is 0 Å². The van der Waals surface area contributed by atoms with E-state index >= 15 is 0 Å². The van der Waals surface area contributed by atoms with Crippen LogP contribution in [-0.4, -0.2) is 42.9 Å². The SMILES string of the molecule is CC1CN(S(=O)(=O)c2cc(Cl)c(Oc3ccc([N+](=O)[O-])cc3Cl)c(Cl)c2)CC(C)O1. The normalized spacial score (nSPS) is 20.2. The molecule has 1 saturated heterocycles. The predicted octanol–water partition coefficient (Wildman–Crippen LogP) is 5.15. The number of hydrogen-bond donors (Lipinski definition) is 0. The first-order valence-corrected chi connectivity index (χ1v) is 11.3. The van der Waals surface area contributed by atoms with Gasteiger partial charge in [-0.25, -0.2) is 8.42 Å². The van der Waals surface area contributed by atoms with Crippen LogP contribution in [0.2, 0.25) is 15.1 Å². The summed E-state index contributed by atoms with van der Waals surface area (Å²) in [7, 11) is -3.86. The van der Waals surface area contributed by atoms with Gasteiger partial charge >= 0.3 is 0 Å². The van der Waals surface area contributed by atoms with Crippen molar-refractivity contribution in [2.24, 2.45) is 0 Å². The zero-order valence-corrected chi connectivity index (χ0v) is 18.9. The maximum Gasteiger partial charge on any atom is 0.271 e. The van der Waals surface area contributed by atoms with Gasteiger partial charge in [0.15, 0.2) is 5.75 Å². The van der Waals surface area contributed by atoms with Crippen LogP contribution < -0.4 is 4.74 Å². The molecule has 2 aromatic carbocycles. The molecule has 1 fully saturated rings. The fraction of sp³-hybridized carbons (Fsp3) is 0.333. The number of ether oxygens (including phenoxy) is 2. The Balaban J connectivity index is 1.91. The molecule has 1 aliphatic rings. The molecule has 0 N–H and O–H groups in total. The fourth-order valence-electron chi connectivity index (χ4n) is 3.06. The van der Waals surface area contributed by atoms with Crippen LogP contribution in [0.1, 0.15) is 13.8 Å². The number of non-ortho nitro benzene ring substituents is 1. The number of halogens is 3. The standard InChI is InChI=1S/C18H17Cl3N2O6S/c1-10-8-22(9-11(2)28-10)30(26,27)13-6-15(20)18(16(21)7-13)29-17-4-3-12(23(24)25)5-14(17)19/h3-7,10-11H,8-9H2,1-2H3. The Morgan fingerprint density at radius 3 is 2.13 bits per heavy atom. The molecular weight excluding hydrogens is 479 g/mol. The lowest BCUT2D eigenvalue weighted by Gasteiger charge is -2.34. The number of hydrogen-bond acceptors (Lipinski definition) is 6. The largest absolute Gasteiger partial charge is 0.453 e. The van der Waals surface area contributed by atoms with E-state index in [2.05, 4.69) is 0 Å². The van der Waals surface area contributed by atoms with Crippen molar-refractivity contribution in [3.05, 3.63) is 55.5 Å². The van der Waals surface area contributed by atoms with Crippen molar-refractivity contribution in [3.8, 4) is 11.5 Å². The first-order valence-electron chi connectivity index (χ1n) is 8.75. The molecule has 1 heterocycles. The highest BCUT2D eigenvalue weighted by Crippen LogP contribution is 2.41. The summed E-state index contributed by atoms with van der Waals surface area (Å²) >= 11 is 18.5. The summed E-state index contributed by atoms with van der Waals surface area (Å²) in [6.45, 7) is 4.00. The highest BCUT2D eigenvalue weighted by molar-refractivity contribution is 7.89. The van der Waals surface area contributed by atoms with Gasteiger partial charge in [-0.15, -0.1) is 0 Å². The number of morpholine rings is 1. The van der Waals surface area contributed by atoms with Crippen molar-refractivity contribution in [2.75, 3.05) is 13.1 Å². The van der Waals surface area contributed by atoms with E-state index in [1.165, 1.54) is 28.6 Å². The quantitative estimate of drug-likeness (QED) is 0.420. The lowest BCUT2D eigenvalue weighted by Crippen LogP contribution is -2.48. The number of nitrogens with zero attached hydrogens (tertiary/aromatic N) is 2. The third-order valence-corrected chi connectivity index (χ3v) is 7.00. The minimum atomic E-state index is -3.86. The number of benzene rings is 2. The molecule has 0 bridgehead atoms. The van der Waals surface area contributed by atoms with Crippen molar-refractivity contribution in [1.82, 2.24) is 4.31 Å². The Morgan fingerprint density at radius 2 is 1.63 bits per heavy atom. The molecular formula is C18H17Cl3N2O6S. The summed E-state index contributed by atoms with van der Waals surface area (Å²) in [5.74, 6) is 0.0641. The van der Waals surface area contributed by atoms with Crippen LogP contribution in [0.5, 0.6) is 11.5 Å². The van der Waals surface area contributed by atoms with Crippen LogP contribution in [0.4, 0.5) is 5.69 Å². The van der Waals surface area contributed by atoms with Gasteiger partial charge in [-0.05, 0) is 32.0 Å². The van der Waals surface area contributed by atoms with Gasteiger partial charge in [-0.3, -0.25) is 10.1 Å². The molecule has 12 heteroatoms. The number of nitro benzene ring substituents is 1. The Labute approximate surface area is 188 Å². The van der Waals surface area contributed by atoms with E-state index in [4.69, 9.17) is 44.3 Å².